The summed E-state index contributed by atoms with van der Waals surface area (Å²) in [4.78, 5) is 13.4. The van der Waals surface area contributed by atoms with Crippen molar-refractivity contribution >= 4 is 23.3 Å². The number of rotatable bonds is 2. The smallest absolute Gasteiger partial charge is 0.337 e. The summed E-state index contributed by atoms with van der Waals surface area (Å²) in [5, 5.41) is 9.83. The monoisotopic (exact) mass is 267 g/mol. The van der Waals surface area contributed by atoms with Crippen molar-refractivity contribution in [2.75, 3.05) is 18.0 Å². The van der Waals surface area contributed by atoms with Crippen LogP contribution in [0.15, 0.2) is 18.2 Å². The number of halogens is 1. The fourth-order valence-corrected chi connectivity index (χ4v) is 2.97. The summed E-state index contributed by atoms with van der Waals surface area (Å²) in [5.41, 5.74) is 1.08. The molecule has 0 radical (unpaired) electrons. The van der Waals surface area contributed by atoms with E-state index in [0.29, 0.717) is 22.4 Å². The second kappa shape index (κ2) is 5.19. The molecule has 0 spiro atoms. The third kappa shape index (κ3) is 2.78. The van der Waals surface area contributed by atoms with Crippen LogP contribution < -0.4 is 4.90 Å². The van der Waals surface area contributed by atoms with Gasteiger partial charge in [0, 0.05) is 18.1 Å². The van der Waals surface area contributed by atoms with E-state index < -0.39 is 5.97 Å². The molecule has 1 aromatic rings. The summed E-state index contributed by atoms with van der Waals surface area (Å²) < 4.78 is 0. The molecule has 0 aromatic heterocycles. The molecule has 1 N–H and O–H groups in total. The van der Waals surface area contributed by atoms with Crippen molar-refractivity contribution in [3.05, 3.63) is 28.8 Å². The number of aromatic carboxylic acids is 1. The molecular formula is C14H18ClNO2. The molecule has 1 aliphatic rings. The lowest BCUT2D eigenvalue weighted by molar-refractivity contribution is 0.0697. The van der Waals surface area contributed by atoms with Crippen LogP contribution in [-0.2, 0) is 0 Å². The quantitative estimate of drug-likeness (QED) is 0.891. The Hall–Kier alpha value is -1.22. The second-order valence-electron chi connectivity index (χ2n) is 5.32. The SMILES string of the molecule is CC1CC(C)CN(c2cc(Cl)ccc2C(=O)O)C1. The van der Waals surface area contributed by atoms with Crippen LogP contribution in [0.25, 0.3) is 0 Å². The minimum Gasteiger partial charge on any atom is -0.478 e. The van der Waals surface area contributed by atoms with Crippen molar-refractivity contribution in [1.29, 1.82) is 0 Å². The number of hydrogen-bond donors (Lipinski definition) is 1. The average Bonchev–Trinajstić information content (AvgIpc) is 2.27. The van der Waals surface area contributed by atoms with Crippen LogP contribution in [0, 0.1) is 11.8 Å². The van der Waals surface area contributed by atoms with Crippen LogP contribution >= 0.6 is 11.6 Å². The lowest BCUT2D eigenvalue weighted by Gasteiger charge is -2.37. The van der Waals surface area contributed by atoms with Gasteiger partial charge >= 0.3 is 5.97 Å². The highest BCUT2D eigenvalue weighted by molar-refractivity contribution is 6.31. The molecule has 0 saturated carbocycles. The van der Waals surface area contributed by atoms with Crippen molar-refractivity contribution in [3.63, 3.8) is 0 Å². The Morgan fingerprint density at radius 1 is 1.33 bits per heavy atom. The van der Waals surface area contributed by atoms with Crippen LogP contribution in [0.1, 0.15) is 30.6 Å². The number of carbonyl (C=O) groups is 1. The van der Waals surface area contributed by atoms with Gasteiger partial charge in [-0.2, -0.15) is 0 Å². The van der Waals surface area contributed by atoms with Crippen LogP contribution in [-0.4, -0.2) is 24.2 Å². The largest absolute Gasteiger partial charge is 0.478 e. The van der Waals surface area contributed by atoms with Gasteiger partial charge in [0.05, 0.1) is 11.3 Å². The minimum absolute atomic E-state index is 0.334. The Morgan fingerprint density at radius 2 is 1.94 bits per heavy atom. The van der Waals surface area contributed by atoms with Crippen LogP contribution in [0.3, 0.4) is 0 Å². The lowest BCUT2D eigenvalue weighted by atomic mass is 9.91. The first-order chi connectivity index (χ1) is 8.47. The highest BCUT2D eigenvalue weighted by atomic mass is 35.5. The highest BCUT2D eigenvalue weighted by Crippen LogP contribution is 2.30. The fraction of sp³-hybridized carbons (Fsp3) is 0.500. The summed E-state index contributed by atoms with van der Waals surface area (Å²) in [6.45, 7) is 6.19. The summed E-state index contributed by atoms with van der Waals surface area (Å²) in [5.74, 6) is 0.260. The molecule has 3 nitrogen and oxygen atoms in total. The molecule has 18 heavy (non-hydrogen) atoms. The molecule has 2 atom stereocenters. The zero-order chi connectivity index (χ0) is 13.3. The predicted octanol–water partition coefficient (Wildman–Crippen LogP) is 3.52. The number of anilines is 1. The maximum absolute atomic E-state index is 11.3. The maximum Gasteiger partial charge on any atom is 0.337 e. The molecule has 1 heterocycles. The number of benzene rings is 1. The lowest BCUT2D eigenvalue weighted by Crippen LogP contribution is -2.39. The standard InChI is InChI=1S/C14H18ClNO2/c1-9-5-10(2)8-16(7-9)13-6-11(15)3-4-12(13)14(17)18/h3-4,6,9-10H,5,7-8H2,1-2H3,(H,17,18). The third-order valence-corrected chi connectivity index (χ3v) is 3.63. The molecule has 0 amide bonds. The van der Waals surface area contributed by atoms with Crippen LogP contribution in [0.4, 0.5) is 5.69 Å². The molecule has 1 aromatic carbocycles. The van der Waals surface area contributed by atoms with Crippen LogP contribution in [0.5, 0.6) is 0 Å². The van der Waals surface area contributed by atoms with E-state index >= 15 is 0 Å². The minimum atomic E-state index is -0.896. The summed E-state index contributed by atoms with van der Waals surface area (Å²) >= 11 is 5.99. The van der Waals surface area contributed by atoms with E-state index in [-0.39, 0.29) is 0 Å². The fourth-order valence-electron chi connectivity index (χ4n) is 2.81. The van der Waals surface area contributed by atoms with Crippen LogP contribution in [0.2, 0.25) is 5.02 Å². The maximum atomic E-state index is 11.3. The first-order valence-corrected chi connectivity index (χ1v) is 6.63. The van der Waals surface area contributed by atoms with Gasteiger partial charge in [0.1, 0.15) is 0 Å². The van der Waals surface area contributed by atoms with Crippen molar-refractivity contribution in [1.82, 2.24) is 0 Å². The van der Waals surface area contributed by atoms with E-state index in [1.54, 1.807) is 18.2 Å². The Balaban J connectivity index is 2.36. The van der Waals surface area contributed by atoms with Gasteiger partial charge in [-0.15, -0.1) is 0 Å². The average molecular weight is 268 g/mol. The molecule has 0 bridgehead atoms. The summed E-state index contributed by atoms with van der Waals surface area (Å²) in [6, 6.07) is 4.98. The van der Waals surface area contributed by atoms with Gasteiger partial charge in [-0.3, -0.25) is 0 Å². The van der Waals surface area contributed by atoms with Crippen molar-refractivity contribution in [2.45, 2.75) is 20.3 Å². The molecule has 1 aliphatic heterocycles. The topological polar surface area (TPSA) is 40.5 Å². The van der Waals surface area contributed by atoms with E-state index in [4.69, 9.17) is 11.6 Å². The highest BCUT2D eigenvalue weighted by Gasteiger charge is 2.25. The molecule has 2 unspecified atom stereocenters. The molecular weight excluding hydrogens is 250 g/mol. The van der Waals surface area contributed by atoms with E-state index in [1.165, 1.54) is 6.42 Å². The van der Waals surface area contributed by atoms with E-state index in [2.05, 4.69) is 18.7 Å². The molecule has 1 fully saturated rings. The number of carboxylic acid groups (broad SMARTS) is 1. The van der Waals surface area contributed by atoms with Crippen molar-refractivity contribution in [2.24, 2.45) is 11.8 Å². The van der Waals surface area contributed by atoms with E-state index in [9.17, 15) is 9.90 Å². The van der Waals surface area contributed by atoms with Gasteiger partial charge < -0.3 is 10.0 Å². The summed E-state index contributed by atoms with van der Waals surface area (Å²) in [6.07, 6.45) is 1.19. The first-order valence-electron chi connectivity index (χ1n) is 6.25. The van der Waals surface area contributed by atoms with Gasteiger partial charge in [0.2, 0.25) is 0 Å². The summed E-state index contributed by atoms with van der Waals surface area (Å²) in [7, 11) is 0. The van der Waals surface area contributed by atoms with E-state index in [1.807, 2.05) is 0 Å². The number of nitrogens with zero attached hydrogens (tertiary/aromatic N) is 1. The molecule has 2 rings (SSSR count). The number of piperidine rings is 1. The number of hydrogen-bond acceptors (Lipinski definition) is 2. The van der Waals surface area contributed by atoms with Crippen molar-refractivity contribution < 1.29 is 9.90 Å². The van der Waals surface area contributed by atoms with Gasteiger partial charge in [-0.1, -0.05) is 25.4 Å². The van der Waals surface area contributed by atoms with Gasteiger partial charge in [-0.25, -0.2) is 4.79 Å². The Labute approximate surface area is 112 Å². The van der Waals surface area contributed by atoms with Gasteiger partial charge in [0.15, 0.2) is 0 Å². The number of carboxylic acids is 1. The molecule has 4 heteroatoms. The zero-order valence-electron chi connectivity index (χ0n) is 10.7. The Morgan fingerprint density at radius 3 is 2.50 bits per heavy atom. The van der Waals surface area contributed by atoms with Gasteiger partial charge in [-0.05, 0) is 36.5 Å². The van der Waals surface area contributed by atoms with E-state index in [0.717, 1.165) is 18.8 Å². The Bertz CT molecular complexity index is 451. The second-order valence-corrected chi connectivity index (χ2v) is 5.75. The van der Waals surface area contributed by atoms with Gasteiger partial charge in [0.25, 0.3) is 0 Å². The normalized spacial score (nSPS) is 24.1. The molecule has 0 aliphatic carbocycles. The van der Waals surface area contributed by atoms with Crippen molar-refractivity contribution in [3.8, 4) is 0 Å². The Kier molecular flexibility index (Phi) is 3.81. The molecule has 98 valence electrons. The molecule has 1 saturated heterocycles. The third-order valence-electron chi connectivity index (χ3n) is 3.40. The predicted molar refractivity (Wildman–Crippen MR) is 73.6 cm³/mol. The zero-order valence-corrected chi connectivity index (χ0v) is 11.4. The first kappa shape index (κ1) is 13.2.